The van der Waals surface area contributed by atoms with Crippen LogP contribution in [0.25, 0.3) is 22.4 Å². The van der Waals surface area contributed by atoms with E-state index < -0.39 is 0 Å². The number of carbonyl (C=O) groups is 1. The number of aryl methyl sites for hydroxylation is 3. The molecule has 1 aliphatic heterocycles. The van der Waals surface area contributed by atoms with Gasteiger partial charge in [0.2, 0.25) is 11.7 Å². The number of hydrogen-bond donors (Lipinski definition) is 0. The largest absolute Gasteiger partial charge is 0.311 e. The molecule has 36 heavy (non-hydrogen) atoms. The molecule has 1 amide bonds. The van der Waals surface area contributed by atoms with Crippen LogP contribution in [-0.2, 0) is 11.2 Å². The molecular formula is C28H25N5O2S. The summed E-state index contributed by atoms with van der Waals surface area (Å²) in [5.74, 6) is 0.700. The van der Waals surface area contributed by atoms with E-state index in [0.717, 1.165) is 40.9 Å². The number of para-hydroxylation sites is 2. The standard InChI is InChI=1S/C28H25N5O2S/c1-18-13-14-22(19(2)16-18)32-26(35)21-10-4-6-12-24(21)33-27(32)29-30-28(33)36-17-25(34)31-15-7-9-20-8-3-5-11-23(20)31/h3-6,8,10-14,16H,7,9,15,17H2,1-2H3. The summed E-state index contributed by atoms with van der Waals surface area (Å²) in [7, 11) is 0. The third-order valence-corrected chi connectivity index (χ3v) is 7.64. The van der Waals surface area contributed by atoms with E-state index >= 15 is 0 Å². The highest BCUT2D eigenvalue weighted by molar-refractivity contribution is 7.99. The van der Waals surface area contributed by atoms with E-state index in [-0.39, 0.29) is 17.2 Å². The van der Waals surface area contributed by atoms with Gasteiger partial charge in [-0.1, -0.05) is 59.8 Å². The van der Waals surface area contributed by atoms with Gasteiger partial charge in [0, 0.05) is 12.2 Å². The van der Waals surface area contributed by atoms with Gasteiger partial charge in [-0.3, -0.25) is 14.0 Å². The molecule has 1 aliphatic rings. The van der Waals surface area contributed by atoms with Crippen molar-refractivity contribution in [1.29, 1.82) is 0 Å². The molecule has 3 heterocycles. The van der Waals surface area contributed by atoms with Crippen LogP contribution in [0.4, 0.5) is 5.69 Å². The second-order valence-corrected chi connectivity index (χ2v) is 10.1. The first-order chi connectivity index (χ1) is 17.5. The smallest absolute Gasteiger partial charge is 0.267 e. The number of nitrogens with zero attached hydrogens (tertiary/aromatic N) is 5. The first-order valence-electron chi connectivity index (χ1n) is 12.0. The Bertz CT molecular complexity index is 1700. The van der Waals surface area contributed by atoms with E-state index in [2.05, 4.69) is 22.3 Å². The molecule has 2 aromatic heterocycles. The van der Waals surface area contributed by atoms with Gasteiger partial charge in [-0.2, -0.15) is 0 Å². The van der Waals surface area contributed by atoms with Crippen LogP contribution in [0, 0.1) is 13.8 Å². The number of amides is 1. The van der Waals surface area contributed by atoms with Crippen LogP contribution in [0.3, 0.4) is 0 Å². The maximum absolute atomic E-state index is 13.6. The van der Waals surface area contributed by atoms with Gasteiger partial charge >= 0.3 is 0 Å². The van der Waals surface area contributed by atoms with Gasteiger partial charge in [-0.05, 0) is 62.1 Å². The van der Waals surface area contributed by atoms with Crippen molar-refractivity contribution in [3.63, 3.8) is 0 Å². The lowest BCUT2D eigenvalue weighted by Gasteiger charge is -2.29. The molecule has 0 atom stereocenters. The predicted octanol–water partition coefficient (Wildman–Crippen LogP) is 4.72. The maximum atomic E-state index is 13.6. The van der Waals surface area contributed by atoms with Gasteiger partial charge < -0.3 is 4.90 Å². The lowest BCUT2D eigenvalue weighted by atomic mass is 10.0. The molecule has 7 nitrogen and oxygen atoms in total. The highest BCUT2D eigenvalue weighted by atomic mass is 32.2. The minimum atomic E-state index is -0.144. The van der Waals surface area contributed by atoms with Crippen molar-refractivity contribution in [1.82, 2.24) is 19.2 Å². The molecule has 3 aromatic carbocycles. The molecule has 180 valence electrons. The van der Waals surface area contributed by atoms with E-state index in [9.17, 15) is 9.59 Å². The Labute approximate surface area is 212 Å². The van der Waals surface area contributed by atoms with Crippen molar-refractivity contribution >= 4 is 40.0 Å². The lowest BCUT2D eigenvalue weighted by Crippen LogP contribution is -2.36. The Morgan fingerprint density at radius 1 is 0.972 bits per heavy atom. The molecule has 6 rings (SSSR count). The van der Waals surface area contributed by atoms with Crippen molar-refractivity contribution in [2.75, 3.05) is 17.2 Å². The summed E-state index contributed by atoms with van der Waals surface area (Å²) in [6, 6.07) is 21.5. The number of fused-ring (bicyclic) bond motifs is 4. The monoisotopic (exact) mass is 495 g/mol. The van der Waals surface area contributed by atoms with Gasteiger partial charge in [0.15, 0.2) is 5.16 Å². The van der Waals surface area contributed by atoms with E-state index in [1.54, 1.807) is 4.57 Å². The Hall–Kier alpha value is -3.91. The molecule has 0 bridgehead atoms. The zero-order chi connectivity index (χ0) is 24.8. The summed E-state index contributed by atoms with van der Waals surface area (Å²) in [5, 5.41) is 10.0. The number of aromatic nitrogens is 4. The Kier molecular flexibility index (Phi) is 5.60. The lowest BCUT2D eigenvalue weighted by molar-refractivity contribution is -0.116. The van der Waals surface area contributed by atoms with Crippen LogP contribution in [-0.4, -0.2) is 37.4 Å². The van der Waals surface area contributed by atoms with Crippen LogP contribution in [0.5, 0.6) is 0 Å². The van der Waals surface area contributed by atoms with Gasteiger partial charge in [-0.25, -0.2) is 4.57 Å². The zero-order valence-electron chi connectivity index (χ0n) is 20.1. The summed E-state index contributed by atoms with van der Waals surface area (Å²) < 4.78 is 3.51. The van der Waals surface area contributed by atoms with E-state index in [1.807, 2.05) is 77.7 Å². The van der Waals surface area contributed by atoms with Gasteiger partial charge in [0.05, 0.1) is 22.3 Å². The Morgan fingerprint density at radius 2 is 1.78 bits per heavy atom. The average molecular weight is 496 g/mol. The summed E-state index contributed by atoms with van der Waals surface area (Å²) in [6.45, 7) is 4.73. The third-order valence-electron chi connectivity index (χ3n) is 6.72. The molecule has 0 N–H and O–H groups in total. The fourth-order valence-electron chi connectivity index (χ4n) is 5.04. The quantitative estimate of drug-likeness (QED) is 0.337. The molecular weight excluding hydrogens is 470 g/mol. The van der Waals surface area contributed by atoms with Gasteiger partial charge in [-0.15, -0.1) is 10.2 Å². The summed E-state index contributed by atoms with van der Waals surface area (Å²) in [6.07, 6.45) is 1.94. The summed E-state index contributed by atoms with van der Waals surface area (Å²) in [5.41, 5.74) is 5.65. The average Bonchev–Trinajstić information content (AvgIpc) is 3.32. The first-order valence-corrected chi connectivity index (χ1v) is 13.0. The van der Waals surface area contributed by atoms with E-state index in [4.69, 9.17) is 0 Å². The molecule has 5 aromatic rings. The number of thioether (sulfide) groups is 1. The van der Waals surface area contributed by atoms with Crippen molar-refractivity contribution < 1.29 is 4.79 Å². The number of anilines is 1. The second-order valence-electron chi connectivity index (χ2n) is 9.13. The molecule has 0 radical (unpaired) electrons. The van der Waals surface area contributed by atoms with Crippen LogP contribution in [0.2, 0.25) is 0 Å². The van der Waals surface area contributed by atoms with Gasteiger partial charge in [0.1, 0.15) is 0 Å². The molecule has 0 saturated carbocycles. The van der Waals surface area contributed by atoms with Crippen molar-refractivity contribution in [3.8, 4) is 5.69 Å². The minimum Gasteiger partial charge on any atom is -0.311 e. The number of benzene rings is 3. The predicted molar refractivity (Wildman–Crippen MR) is 143 cm³/mol. The van der Waals surface area contributed by atoms with Crippen LogP contribution in [0.1, 0.15) is 23.1 Å². The van der Waals surface area contributed by atoms with Crippen LogP contribution in [0.15, 0.2) is 76.7 Å². The van der Waals surface area contributed by atoms with E-state index in [1.165, 1.54) is 17.3 Å². The molecule has 0 saturated heterocycles. The molecule has 0 spiro atoms. The normalized spacial score (nSPS) is 13.3. The summed E-state index contributed by atoms with van der Waals surface area (Å²) in [4.78, 5) is 28.7. The Morgan fingerprint density at radius 3 is 2.64 bits per heavy atom. The van der Waals surface area contributed by atoms with Crippen molar-refractivity contribution in [2.24, 2.45) is 0 Å². The van der Waals surface area contributed by atoms with Crippen molar-refractivity contribution in [3.05, 3.63) is 93.8 Å². The SMILES string of the molecule is Cc1ccc(-n2c(=O)c3ccccc3n3c(SCC(=O)N4CCCc5ccccc54)nnc23)c(C)c1. The van der Waals surface area contributed by atoms with Gasteiger partial charge in [0.25, 0.3) is 5.56 Å². The van der Waals surface area contributed by atoms with Crippen LogP contribution >= 0.6 is 11.8 Å². The highest BCUT2D eigenvalue weighted by Gasteiger charge is 2.24. The number of carbonyl (C=O) groups excluding carboxylic acids is 1. The second kappa shape index (κ2) is 8.95. The van der Waals surface area contributed by atoms with E-state index in [0.29, 0.717) is 22.9 Å². The minimum absolute atomic E-state index is 0.0379. The molecule has 8 heteroatoms. The molecule has 0 aliphatic carbocycles. The molecule has 0 fully saturated rings. The first kappa shape index (κ1) is 22.5. The fraction of sp³-hybridized carbons (Fsp3) is 0.214. The zero-order valence-corrected chi connectivity index (χ0v) is 21.0. The molecule has 0 unspecified atom stereocenters. The highest BCUT2D eigenvalue weighted by Crippen LogP contribution is 2.29. The fourth-order valence-corrected chi connectivity index (χ4v) is 5.86. The Balaban J connectivity index is 1.43. The number of hydrogen-bond acceptors (Lipinski definition) is 5. The van der Waals surface area contributed by atoms with Crippen LogP contribution < -0.4 is 10.5 Å². The topological polar surface area (TPSA) is 72.5 Å². The third kappa shape index (κ3) is 3.69. The summed E-state index contributed by atoms with van der Waals surface area (Å²) >= 11 is 1.35. The number of rotatable bonds is 4. The van der Waals surface area contributed by atoms with Crippen molar-refractivity contribution in [2.45, 2.75) is 31.8 Å². The maximum Gasteiger partial charge on any atom is 0.267 e.